The number of nitrogens with two attached hydrogens (primary N) is 1. The van der Waals surface area contributed by atoms with Crippen molar-refractivity contribution in [2.45, 2.75) is 26.4 Å². The number of benzene rings is 1. The molecule has 3 nitrogen and oxygen atoms in total. The minimum atomic E-state index is 0.591. The molecule has 3 heteroatoms. The summed E-state index contributed by atoms with van der Waals surface area (Å²) in [4.78, 5) is 2.49. The molecule has 0 radical (unpaired) electrons. The van der Waals surface area contributed by atoms with Gasteiger partial charge in [0.15, 0.2) is 0 Å². The lowest BCUT2D eigenvalue weighted by atomic mass is 10.1. The summed E-state index contributed by atoms with van der Waals surface area (Å²) >= 11 is 0. The quantitative estimate of drug-likeness (QED) is 0.866. The van der Waals surface area contributed by atoms with Crippen LogP contribution in [0.3, 0.4) is 0 Å². The zero-order chi connectivity index (χ0) is 12.3. The van der Waals surface area contributed by atoms with Crippen LogP contribution in [-0.4, -0.2) is 25.1 Å². The van der Waals surface area contributed by atoms with Crippen LogP contribution in [0.25, 0.3) is 0 Å². The third-order valence-electron chi connectivity index (χ3n) is 3.48. The number of likely N-dealkylation sites (tertiary alicyclic amines) is 1. The Morgan fingerprint density at radius 2 is 2.29 bits per heavy atom. The largest absolute Gasteiger partial charge is 0.496 e. The molecule has 2 N–H and O–H groups in total. The second-order valence-corrected chi connectivity index (χ2v) is 4.98. The van der Waals surface area contributed by atoms with Crippen LogP contribution in [0.5, 0.6) is 5.75 Å². The van der Waals surface area contributed by atoms with Gasteiger partial charge in [-0.25, -0.2) is 0 Å². The number of hydrogen-bond donors (Lipinski definition) is 1. The zero-order valence-corrected chi connectivity index (χ0v) is 10.8. The molecule has 0 aromatic heterocycles. The van der Waals surface area contributed by atoms with E-state index >= 15 is 0 Å². The second kappa shape index (κ2) is 5.52. The second-order valence-electron chi connectivity index (χ2n) is 4.98. The predicted molar refractivity (Wildman–Crippen MR) is 69.9 cm³/mol. The van der Waals surface area contributed by atoms with Gasteiger partial charge in [0.25, 0.3) is 0 Å². The van der Waals surface area contributed by atoms with Crippen molar-refractivity contribution < 1.29 is 4.74 Å². The summed E-state index contributed by atoms with van der Waals surface area (Å²) in [6, 6.07) is 6.23. The molecule has 1 aliphatic rings. The molecule has 17 heavy (non-hydrogen) atoms. The van der Waals surface area contributed by atoms with Crippen LogP contribution < -0.4 is 10.5 Å². The first-order valence-corrected chi connectivity index (χ1v) is 6.31. The lowest BCUT2D eigenvalue weighted by molar-refractivity contribution is 0.311. The van der Waals surface area contributed by atoms with E-state index in [0.717, 1.165) is 18.2 Å². The summed E-state index contributed by atoms with van der Waals surface area (Å²) in [6.45, 7) is 6.26. The van der Waals surface area contributed by atoms with Gasteiger partial charge in [-0.3, -0.25) is 4.90 Å². The number of hydrogen-bond acceptors (Lipinski definition) is 3. The molecular formula is C14H22N2O. The molecule has 1 atom stereocenters. The molecule has 2 rings (SSSR count). The predicted octanol–water partition coefficient (Wildman–Crippen LogP) is 2.00. The van der Waals surface area contributed by atoms with E-state index in [1.807, 2.05) is 12.1 Å². The molecule has 1 aromatic carbocycles. The van der Waals surface area contributed by atoms with Gasteiger partial charge in [-0.15, -0.1) is 0 Å². The average molecular weight is 234 g/mol. The van der Waals surface area contributed by atoms with Gasteiger partial charge in [0.1, 0.15) is 5.75 Å². The van der Waals surface area contributed by atoms with E-state index < -0.39 is 0 Å². The molecule has 0 aliphatic carbocycles. The maximum Gasteiger partial charge on any atom is 0.123 e. The Morgan fingerprint density at radius 1 is 1.47 bits per heavy atom. The van der Waals surface area contributed by atoms with Crippen molar-refractivity contribution in [3.05, 3.63) is 29.3 Å². The smallest absolute Gasteiger partial charge is 0.123 e. The summed E-state index contributed by atoms with van der Waals surface area (Å²) < 4.78 is 5.41. The summed E-state index contributed by atoms with van der Waals surface area (Å²) in [5.74, 6) is 1.79. The minimum Gasteiger partial charge on any atom is -0.496 e. The Labute approximate surface area is 104 Å². The van der Waals surface area contributed by atoms with Gasteiger partial charge < -0.3 is 10.5 Å². The number of nitrogens with zero attached hydrogens (tertiary/aromatic N) is 1. The molecule has 1 aromatic rings. The molecule has 0 amide bonds. The van der Waals surface area contributed by atoms with Gasteiger partial charge in [0, 0.05) is 25.2 Å². The molecule has 1 aliphatic heterocycles. The normalized spacial score (nSPS) is 20.8. The highest BCUT2D eigenvalue weighted by Gasteiger charge is 2.19. The van der Waals surface area contributed by atoms with Gasteiger partial charge in [-0.2, -0.15) is 0 Å². The Morgan fingerprint density at radius 3 is 2.88 bits per heavy atom. The van der Waals surface area contributed by atoms with Crippen molar-refractivity contribution in [1.82, 2.24) is 4.90 Å². The summed E-state index contributed by atoms with van der Waals surface area (Å²) in [5, 5.41) is 0. The standard InChI is InChI=1S/C14H22N2O/c1-11-5-6-16(9-11)10-13-7-12(8-15)3-4-14(13)17-2/h3-4,7,11H,5-6,8-10,15H2,1-2H3. The molecule has 1 heterocycles. The average Bonchev–Trinajstić information content (AvgIpc) is 2.74. The first-order valence-electron chi connectivity index (χ1n) is 6.31. The molecular weight excluding hydrogens is 212 g/mol. The van der Waals surface area contributed by atoms with Crippen LogP contribution in [0.4, 0.5) is 0 Å². The lowest BCUT2D eigenvalue weighted by Gasteiger charge is -2.18. The fraction of sp³-hybridized carbons (Fsp3) is 0.571. The van der Waals surface area contributed by atoms with Crippen molar-refractivity contribution in [3.8, 4) is 5.75 Å². The van der Waals surface area contributed by atoms with Crippen LogP contribution in [0, 0.1) is 5.92 Å². The van der Waals surface area contributed by atoms with Crippen molar-refractivity contribution in [3.63, 3.8) is 0 Å². The third kappa shape index (κ3) is 2.99. The van der Waals surface area contributed by atoms with Crippen molar-refractivity contribution >= 4 is 0 Å². The van der Waals surface area contributed by atoms with Gasteiger partial charge in [-0.1, -0.05) is 13.0 Å². The topological polar surface area (TPSA) is 38.5 Å². The van der Waals surface area contributed by atoms with Crippen molar-refractivity contribution in [1.29, 1.82) is 0 Å². The maximum absolute atomic E-state index is 5.69. The Kier molecular flexibility index (Phi) is 4.02. The first-order chi connectivity index (χ1) is 8.22. The first kappa shape index (κ1) is 12.4. The molecule has 1 fully saturated rings. The van der Waals surface area contributed by atoms with Gasteiger partial charge in [0.2, 0.25) is 0 Å². The SMILES string of the molecule is COc1ccc(CN)cc1CN1CCC(C)C1. The molecule has 0 spiro atoms. The third-order valence-corrected chi connectivity index (χ3v) is 3.48. The molecule has 1 saturated heterocycles. The summed E-state index contributed by atoms with van der Waals surface area (Å²) in [5.41, 5.74) is 8.11. The maximum atomic E-state index is 5.69. The minimum absolute atomic E-state index is 0.591. The lowest BCUT2D eigenvalue weighted by Crippen LogP contribution is -2.20. The Bertz CT molecular complexity index is 378. The molecule has 0 bridgehead atoms. The molecule has 1 unspecified atom stereocenters. The van der Waals surface area contributed by atoms with E-state index in [0.29, 0.717) is 6.54 Å². The van der Waals surface area contributed by atoms with Gasteiger partial charge in [-0.05, 0) is 36.6 Å². The van der Waals surface area contributed by atoms with Crippen LogP contribution in [0.2, 0.25) is 0 Å². The molecule has 0 saturated carbocycles. The summed E-state index contributed by atoms with van der Waals surface area (Å²) in [6.07, 6.45) is 1.30. The number of methoxy groups -OCH3 is 1. The van der Waals surface area contributed by atoms with E-state index in [4.69, 9.17) is 10.5 Å². The van der Waals surface area contributed by atoms with Crippen LogP contribution >= 0.6 is 0 Å². The van der Waals surface area contributed by atoms with Crippen LogP contribution in [-0.2, 0) is 13.1 Å². The fourth-order valence-electron chi connectivity index (χ4n) is 2.49. The van der Waals surface area contributed by atoms with Crippen LogP contribution in [0.15, 0.2) is 18.2 Å². The molecule has 94 valence electrons. The zero-order valence-electron chi connectivity index (χ0n) is 10.8. The van der Waals surface area contributed by atoms with E-state index in [1.165, 1.54) is 30.6 Å². The summed E-state index contributed by atoms with van der Waals surface area (Å²) in [7, 11) is 1.73. The highest BCUT2D eigenvalue weighted by Crippen LogP contribution is 2.24. The monoisotopic (exact) mass is 234 g/mol. The van der Waals surface area contributed by atoms with E-state index in [1.54, 1.807) is 7.11 Å². The van der Waals surface area contributed by atoms with Gasteiger partial charge in [0.05, 0.1) is 7.11 Å². The highest BCUT2D eigenvalue weighted by atomic mass is 16.5. The fourth-order valence-corrected chi connectivity index (χ4v) is 2.49. The van der Waals surface area contributed by atoms with Crippen LogP contribution in [0.1, 0.15) is 24.5 Å². The highest BCUT2D eigenvalue weighted by molar-refractivity contribution is 5.37. The number of ether oxygens (including phenoxy) is 1. The van der Waals surface area contributed by atoms with E-state index in [-0.39, 0.29) is 0 Å². The Balaban J connectivity index is 2.12. The number of rotatable bonds is 4. The van der Waals surface area contributed by atoms with Gasteiger partial charge >= 0.3 is 0 Å². The van der Waals surface area contributed by atoms with Crippen molar-refractivity contribution in [2.24, 2.45) is 11.7 Å². The Hall–Kier alpha value is -1.06. The van der Waals surface area contributed by atoms with Crippen molar-refractivity contribution in [2.75, 3.05) is 20.2 Å². The van der Waals surface area contributed by atoms with E-state index in [9.17, 15) is 0 Å². The van der Waals surface area contributed by atoms with E-state index in [2.05, 4.69) is 17.9 Å².